The van der Waals surface area contributed by atoms with Crippen LogP contribution in [0.4, 0.5) is 17.6 Å². The molecule has 1 saturated heterocycles. The van der Waals surface area contributed by atoms with E-state index in [-0.39, 0.29) is 26.4 Å². The lowest BCUT2D eigenvalue weighted by molar-refractivity contribution is -0.164. The zero-order valence-electron chi connectivity index (χ0n) is 20.2. The first-order valence-corrected chi connectivity index (χ1v) is 11.6. The van der Waals surface area contributed by atoms with Crippen molar-refractivity contribution in [3.05, 3.63) is 96.1 Å². The van der Waals surface area contributed by atoms with Crippen molar-refractivity contribution in [2.45, 2.75) is 37.6 Å². The second-order valence-corrected chi connectivity index (χ2v) is 8.65. The number of hydrogen-bond donors (Lipinski definition) is 0. The molecule has 1 aliphatic rings. The summed E-state index contributed by atoms with van der Waals surface area (Å²) in [7, 11) is 1.86. The number of rotatable bonds is 12. The van der Waals surface area contributed by atoms with Crippen LogP contribution >= 0.6 is 0 Å². The van der Waals surface area contributed by atoms with Gasteiger partial charge in [-0.25, -0.2) is 17.6 Å². The van der Waals surface area contributed by atoms with Crippen molar-refractivity contribution >= 4 is 0 Å². The highest BCUT2D eigenvalue weighted by atomic mass is 19.1. The molecule has 0 amide bonds. The van der Waals surface area contributed by atoms with Crippen LogP contribution in [0.25, 0.3) is 0 Å². The number of likely N-dealkylation sites (N-methyl/N-ethyl adjacent to an activating group) is 1. The van der Waals surface area contributed by atoms with E-state index >= 15 is 0 Å². The summed E-state index contributed by atoms with van der Waals surface area (Å²) in [6.07, 6.45) is 0.751. The van der Waals surface area contributed by atoms with E-state index in [1.165, 1.54) is 24.3 Å². The molecule has 0 aromatic heterocycles. The minimum atomic E-state index is -0.694. The first kappa shape index (κ1) is 28.0. The van der Waals surface area contributed by atoms with Crippen molar-refractivity contribution < 1.29 is 36.5 Å². The summed E-state index contributed by atoms with van der Waals surface area (Å²) in [4.78, 5) is 1.95. The van der Waals surface area contributed by atoms with E-state index in [0.29, 0.717) is 24.2 Å². The molecule has 36 heavy (non-hydrogen) atoms. The van der Waals surface area contributed by atoms with E-state index in [1.54, 1.807) is 12.2 Å². The van der Waals surface area contributed by atoms with Crippen LogP contribution < -0.4 is 0 Å². The van der Waals surface area contributed by atoms with Gasteiger partial charge in [-0.1, -0.05) is 12.2 Å². The van der Waals surface area contributed by atoms with Crippen molar-refractivity contribution in [3.63, 3.8) is 0 Å². The summed E-state index contributed by atoms with van der Waals surface area (Å²) in [5.41, 5.74) is 0.678. The van der Waals surface area contributed by atoms with Gasteiger partial charge < -0.3 is 23.8 Å². The van der Waals surface area contributed by atoms with Crippen LogP contribution in [0, 0.1) is 23.3 Å². The Bertz CT molecular complexity index is 901. The molecule has 1 aliphatic heterocycles. The molecule has 0 aliphatic carbocycles. The third-order valence-electron chi connectivity index (χ3n) is 5.63. The van der Waals surface area contributed by atoms with Gasteiger partial charge in [0.25, 0.3) is 0 Å². The Labute approximate surface area is 208 Å². The maximum Gasteiger partial charge on any atom is 0.126 e. The van der Waals surface area contributed by atoms with E-state index in [4.69, 9.17) is 18.9 Å². The van der Waals surface area contributed by atoms with Crippen molar-refractivity contribution in [3.8, 4) is 0 Å². The average Bonchev–Trinajstić information content (AvgIpc) is 2.93. The molecule has 2 aromatic rings. The van der Waals surface area contributed by atoms with Gasteiger partial charge in [0.05, 0.1) is 38.6 Å². The molecule has 196 valence electrons. The smallest absolute Gasteiger partial charge is 0.126 e. The molecular weight excluding hydrogens is 478 g/mol. The third kappa shape index (κ3) is 8.25. The summed E-state index contributed by atoms with van der Waals surface area (Å²) >= 11 is 0. The van der Waals surface area contributed by atoms with Crippen molar-refractivity contribution in [1.29, 1.82) is 0 Å². The third-order valence-corrected chi connectivity index (χ3v) is 5.63. The Balaban J connectivity index is 1.83. The predicted octanol–water partition coefficient (Wildman–Crippen LogP) is 4.80. The monoisotopic (exact) mass is 509 g/mol. The second kappa shape index (κ2) is 13.7. The van der Waals surface area contributed by atoms with Crippen LogP contribution in [-0.4, -0.2) is 62.7 Å². The first-order chi connectivity index (χ1) is 17.3. The Morgan fingerprint density at radius 1 is 0.694 bits per heavy atom. The van der Waals surface area contributed by atoms with Crippen LogP contribution in [0.3, 0.4) is 0 Å². The number of halogens is 4. The fourth-order valence-electron chi connectivity index (χ4n) is 4.17. The van der Waals surface area contributed by atoms with Gasteiger partial charge >= 0.3 is 0 Å². The average molecular weight is 510 g/mol. The molecule has 1 fully saturated rings. The number of hydrogen-bond acceptors (Lipinski definition) is 5. The highest BCUT2D eigenvalue weighted by Crippen LogP contribution is 2.25. The molecule has 0 unspecified atom stereocenters. The van der Waals surface area contributed by atoms with Crippen LogP contribution in [0.5, 0.6) is 0 Å². The van der Waals surface area contributed by atoms with E-state index in [2.05, 4.69) is 13.2 Å². The van der Waals surface area contributed by atoms with Gasteiger partial charge in [0.15, 0.2) is 0 Å². The molecule has 5 nitrogen and oxygen atoms in total. The number of benzene rings is 2. The van der Waals surface area contributed by atoms with Gasteiger partial charge in [-0.15, -0.1) is 13.2 Å². The van der Waals surface area contributed by atoms with Gasteiger partial charge in [-0.3, -0.25) is 0 Å². The molecule has 0 saturated carbocycles. The van der Waals surface area contributed by atoms with Gasteiger partial charge in [0, 0.05) is 25.2 Å². The Morgan fingerprint density at radius 2 is 1.06 bits per heavy atom. The lowest BCUT2D eigenvalue weighted by Gasteiger charge is -2.34. The largest absolute Gasteiger partial charge is 0.369 e. The molecule has 0 bridgehead atoms. The van der Waals surface area contributed by atoms with E-state index < -0.39 is 47.7 Å². The lowest BCUT2D eigenvalue weighted by atomic mass is 10.0. The minimum absolute atomic E-state index is 0.0522. The normalized spacial score (nSPS) is 22.8. The Hall–Kier alpha value is -2.56. The van der Waals surface area contributed by atoms with E-state index in [1.807, 2.05) is 11.9 Å². The molecule has 0 N–H and O–H groups in total. The summed E-state index contributed by atoms with van der Waals surface area (Å²) in [5, 5.41) is 0. The van der Waals surface area contributed by atoms with Crippen LogP contribution in [0.2, 0.25) is 0 Å². The Kier molecular flexibility index (Phi) is 10.6. The molecule has 0 radical (unpaired) electrons. The summed E-state index contributed by atoms with van der Waals surface area (Å²) in [6, 6.07) is 6.42. The minimum Gasteiger partial charge on any atom is -0.369 e. The number of ether oxygens (including phenoxy) is 4. The number of nitrogens with zero attached hydrogens (tertiary/aromatic N) is 1. The molecule has 4 atom stereocenters. The Morgan fingerprint density at radius 3 is 1.39 bits per heavy atom. The van der Waals surface area contributed by atoms with Gasteiger partial charge in [-0.2, -0.15) is 0 Å². The van der Waals surface area contributed by atoms with Gasteiger partial charge in [-0.05, 0) is 42.4 Å². The van der Waals surface area contributed by atoms with E-state index in [0.717, 1.165) is 12.1 Å². The molecule has 9 heteroatoms. The quantitative estimate of drug-likeness (QED) is 0.304. The van der Waals surface area contributed by atoms with E-state index in [9.17, 15) is 17.6 Å². The van der Waals surface area contributed by atoms with Crippen LogP contribution in [-0.2, 0) is 32.2 Å². The molecule has 3 rings (SSSR count). The fourth-order valence-corrected chi connectivity index (χ4v) is 4.17. The highest BCUT2D eigenvalue weighted by molar-refractivity contribution is 5.18. The van der Waals surface area contributed by atoms with Crippen molar-refractivity contribution in [2.24, 2.45) is 0 Å². The van der Waals surface area contributed by atoms with Crippen LogP contribution in [0.1, 0.15) is 11.1 Å². The zero-order chi connectivity index (χ0) is 26.1. The molecule has 2 aromatic carbocycles. The summed E-state index contributed by atoms with van der Waals surface area (Å²) in [6.45, 7) is 8.49. The van der Waals surface area contributed by atoms with Gasteiger partial charge in [0.1, 0.15) is 35.5 Å². The summed E-state index contributed by atoms with van der Waals surface area (Å²) < 4.78 is 79.0. The number of likely N-dealkylation sites (tertiary alicyclic amines) is 1. The highest BCUT2D eigenvalue weighted by Gasteiger charge is 2.42. The molecule has 1 heterocycles. The SMILES string of the molecule is C=CCO[C@H]1[C@H](OCC=C)[C@@H](OCc2cc(F)cc(F)c2)CN(C)C[C@@H]1OCc1cc(F)cc(F)c1. The molecule has 0 spiro atoms. The van der Waals surface area contributed by atoms with Crippen molar-refractivity contribution in [2.75, 3.05) is 33.4 Å². The zero-order valence-corrected chi connectivity index (χ0v) is 20.2. The van der Waals surface area contributed by atoms with Gasteiger partial charge in [0.2, 0.25) is 0 Å². The van der Waals surface area contributed by atoms with Crippen LogP contribution in [0.15, 0.2) is 61.7 Å². The lowest BCUT2D eigenvalue weighted by Crippen LogP contribution is -2.49. The molecular formula is C27H31F4NO4. The topological polar surface area (TPSA) is 40.2 Å². The maximum atomic E-state index is 13.7. The summed E-state index contributed by atoms with van der Waals surface area (Å²) in [5.74, 6) is -2.78. The maximum absolute atomic E-state index is 13.7. The standard InChI is InChI=1S/C27H31F4NO4/c1-4-6-33-26-24(35-16-18-8-20(28)12-21(29)9-18)14-32(3)15-25(27(26)34-7-5-2)36-17-19-10-22(30)13-23(31)11-19/h4-5,8-13,24-27H,1-2,6-7,14-17H2,3H3/t24-,25-,26+,27+/m0/s1. The second-order valence-electron chi connectivity index (χ2n) is 8.65. The van der Waals surface area contributed by atoms with Crippen molar-refractivity contribution in [1.82, 2.24) is 4.90 Å². The fraction of sp³-hybridized carbons (Fsp3) is 0.407. The first-order valence-electron chi connectivity index (χ1n) is 11.6. The predicted molar refractivity (Wildman–Crippen MR) is 127 cm³/mol.